The lowest BCUT2D eigenvalue weighted by atomic mass is 10.1. The molecule has 4 nitrogen and oxygen atoms in total. The Morgan fingerprint density at radius 2 is 1.95 bits per heavy atom. The van der Waals surface area contributed by atoms with Gasteiger partial charge in [0.15, 0.2) is 0 Å². The van der Waals surface area contributed by atoms with Crippen LogP contribution in [0.15, 0.2) is 30.9 Å². The van der Waals surface area contributed by atoms with Crippen LogP contribution in [0.2, 0.25) is 0 Å². The number of nitrogens with zero attached hydrogens (tertiary/aromatic N) is 2. The molecule has 1 heterocycles. The number of aromatic hydroxyl groups is 1. The van der Waals surface area contributed by atoms with Gasteiger partial charge in [-0.3, -0.25) is 0 Å². The molecule has 0 amide bonds. The summed E-state index contributed by atoms with van der Waals surface area (Å²) in [4.78, 5) is 4.03. The zero-order chi connectivity index (χ0) is 14.4. The van der Waals surface area contributed by atoms with Gasteiger partial charge in [-0.1, -0.05) is 12.1 Å². The topological polar surface area (TPSA) is 50.1 Å². The predicted octanol–water partition coefficient (Wildman–Crippen LogP) is 2.78. The maximum Gasteiger partial charge on any atom is 0.121 e. The summed E-state index contributed by atoms with van der Waals surface area (Å²) in [5, 5.41) is 13.2. The molecule has 4 heteroatoms. The molecular weight excluding hydrogens is 250 g/mol. The highest BCUT2D eigenvalue weighted by Gasteiger charge is 2.02. The van der Waals surface area contributed by atoms with E-state index in [0.717, 1.165) is 43.6 Å². The molecule has 1 aromatic heterocycles. The third kappa shape index (κ3) is 4.10. The van der Waals surface area contributed by atoms with E-state index in [1.165, 1.54) is 5.56 Å². The molecule has 0 aliphatic heterocycles. The average molecular weight is 273 g/mol. The Kier molecular flexibility index (Phi) is 5.18. The van der Waals surface area contributed by atoms with Crippen molar-refractivity contribution >= 4 is 0 Å². The molecule has 0 aliphatic carbocycles. The van der Waals surface area contributed by atoms with Gasteiger partial charge in [0, 0.05) is 25.5 Å². The van der Waals surface area contributed by atoms with E-state index in [2.05, 4.69) is 14.9 Å². The van der Waals surface area contributed by atoms with Crippen molar-refractivity contribution in [3.05, 3.63) is 47.5 Å². The van der Waals surface area contributed by atoms with Crippen LogP contribution in [-0.4, -0.2) is 21.2 Å². The van der Waals surface area contributed by atoms with Gasteiger partial charge in [-0.25, -0.2) is 4.98 Å². The summed E-state index contributed by atoms with van der Waals surface area (Å²) in [5.41, 5.74) is 3.12. The fourth-order valence-corrected chi connectivity index (χ4v) is 2.34. The van der Waals surface area contributed by atoms with Crippen molar-refractivity contribution in [2.45, 2.75) is 39.8 Å². The molecule has 0 saturated carbocycles. The van der Waals surface area contributed by atoms with Crippen LogP contribution in [0.4, 0.5) is 0 Å². The second kappa shape index (κ2) is 7.10. The van der Waals surface area contributed by atoms with E-state index < -0.39 is 0 Å². The zero-order valence-corrected chi connectivity index (χ0v) is 12.3. The molecular formula is C16H23N3O. The summed E-state index contributed by atoms with van der Waals surface area (Å²) >= 11 is 0. The van der Waals surface area contributed by atoms with Gasteiger partial charge in [-0.2, -0.15) is 0 Å². The summed E-state index contributed by atoms with van der Waals surface area (Å²) in [6.45, 7) is 6.77. The Balaban J connectivity index is 1.66. The van der Waals surface area contributed by atoms with Gasteiger partial charge in [-0.15, -0.1) is 0 Å². The second-order valence-electron chi connectivity index (χ2n) is 5.26. The molecule has 108 valence electrons. The number of nitrogens with one attached hydrogen (secondary N) is 1. The summed E-state index contributed by atoms with van der Waals surface area (Å²) < 4.78 is 2.10. The molecule has 1 aromatic carbocycles. The first-order valence-corrected chi connectivity index (χ1v) is 7.12. The molecule has 0 spiro atoms. The third-order valence-corrected chi connectivity index (χ3v) is 3.46. The molecule has 0 aliphatic rings. The van der Waals surface area contributed by atoms with Gasteiger partial charge in [0.05, 0.1) is 6.33 Å². The monoisotopic (exact) mass is 273 g/mol. The van der Waals surface area contributed by atoms with Gasteiger partial charge >= 0.3 is 0 Å². The van der Waals surface area contributed by atoms with Gasteiger partial charge < -0.3 is 15.0 Å². The van der Waals surface area contributed by atoms with Crippen molar-refractivity contribution < 1.29 is 5.11 Å². The fraction of sp³-hybridized carbons (Fsp3) is 0.438. The van der Waals surface area contributed by atoms with Crippen molar-refractivity contribution in [1.82, 2.24) is 14.9 Å². The number of hydrogen-bond donors (Lipinski definition) is 2. The summed E-state index contributed by atoms with van der Waals surface area (Å²) in [6.07, 6.45) is 7.96. The smallest absolute Gasteiger partial charge is 0.121 e. The van der Waals surface area contributed by atoms with E-state index >= 15 is 0 Å². The number of rotatable bonds is 7. The highest BCUT2D eigenvalue weighted by Crippen LogP contribution is 2.22. The third-order valence-electron chi connectivity index (χ3n) is 3.46. The lowest BCUT2D eigenvalue weighted by Gasteiger charge is -2.09. The van der Waals surface area contributed by atoms with Crippen molar-refractivity contribution in [2.24, 2.45) is 0 Å². The Labute approximate surface area is 120 Å². The first-order valence-electron chi connectivity index (χ1n) is 7.12. The largest absolute Gasteiger partial charge is 0.507 e. The molecule has 0 unspecified atom stereocenters. The first-order chi connectivity index (χ1) is 9.66. The van der Waals surface area contributed by atoms with E-state index in [1.54, 1.807) is 0 Å². The highest BCUT2D eigenvalue weighted by molar-refractivity contribution is 5.42. The van der Waals surface area contributed by atoms with Gasteiger partial charge in [0.2, 0.25) is 0 Å². The van der Waals surface area contributed by atoms with Crippen LogP contribution in [0.3, 0.4) is 0 Å². The Bertz CT molecular complexity index is 512. The highest BCUT2D eigenvalue weighted by atomic mass is 16.3. The molecule has 20 heavy (non-hydrogen) atoms. The molecule has 0 atom stereocenters. The summed E-state index contributed by atoms with van der Waals surface area (Å²) in [7, 11) is 0. The van der Waals surface area contributed by atoms with Crippen LogP contribution in [0.5, 0.6) is 5.75 Å². The normalized spacial score (nSPS) is 10.9. The molecule has 0 saturated heterocycles. The first kappa shape index (κ1) is 14.6. The fourth-order valence-electron chi connectivity index (χ4n) is 2.34. The number of aromatic nitrogens is 2. The minimum Gasteiger partial charge on any atom is -0.507 e. The predicted molar refractivity (Wildman–Crippen MR) is 80.7 cm³/mol. The van der Waals surface area contributed by atoms with Crippen molar-refractivity contribution in [2.75, 3.05) is 6.54 Å². The van der Waals surface area contributed by atoms with Crippen LogP contribution in [0.25, 0.3) is 0 Å². The molecule has 0 radical (unpaired) electrons. The van der Waals surface area contributed by atoms with Gasteiger partial charge in [0.25, 0.3) is 0 Å². The SMILES string of the molecule is Cc1cc(CNCCCCn2ccnc2)cc(C)c1O. The van der Waals surface area contributed by atoms with E-state index in [0.29, 0.717) is 5.75 Å². The van der Waals surface area contributed by atoms with Crippen LogP contribution in [0, 0.1) is 13.8 Å². The lowest BCUT2D eigenvalue weighted by molar-refractivity contribution is 0.466. The lowest BCUT2D eigenvalue weighted by Crippen LogP contribution is -2.15. The second-order valence-corrected chi connectivity index (χ2v) is 5.26. The Morgan fingerprint density at radius 3 is 2.60 bits per heavy atom. The maximum absolute atomic E-state index is 9.73. The minimum absolute atomic E-state index is 0.411. The number of phenolic OH excluding ortho intramolecular Hbond substituents is 1. The number of unbranched alkanes of at least 4 members (excludes halogenated alkanes) is 1. The molecule has 2 N–H and O–H groups in total. The van der Waals surface area contributed by atoms with Crippen LogP contribution < -0.4 is 5.32 Å². The minimum atomic E-state index is 0.411. The molecule has 0 bridgehead atoms. The number of hydrogen-bond acceptors (Lipinski definition) is 3. The van der Waals surface area contributed by atoms with Crippen molar-refractivity contribution in [3.63, 3.8) is 0 Å². The van der Waals surface area contributed by atoms with E-state index in [-0.39, 0.29) is 0 Å². The molecule has 0 fully saturated rings. The number of benzene rings is 1. The van der Waals surface area contributed by atoms with E-state index in [9.17, 15) is 5.11 Å². The van der Waals surface area contributed by atoms with Gasteiger partial charge in [-0.05, 0) is 49.9 Å². The van der Waals surface area contributed by atoms with Crippen molar-refractivity contribution in [3.8, 4) is 5.75 Å². The van der Waals surface area contributed by atoms with Crippen LogP contribution in [0.1, 0.15) is 29.5 Å². The standard InChI is InChI=1S/C16H23N3O/c1-13-9-15(10-14(2)16(13)20)11-17-5-3-4-7-19-8-6-18-12-19/h6,8-10,12,17,20H,3-5,7,11H2,1-2H3. The summed E-state index contributed by atoms with van der Waals surface area (Å²) in [6, 6.07) is 4.08. The Morgan fingerprint density at radius 1 is 1.20 bits per heavy atom. The summed E-state index contributed by atoms with van der Waals surface area (Å²) in [5.74, 6) is 0.411. The zero-order valence-electron chi connectivity index (χ0n) is 12.3. The molecule has 2 rings (SSSR count). The number of imidazole rings is 1. The van der Waals surface area contributed by atoms with E-state index in [1.807, 2.05) is 44.7 Å². The number of aryl methyl sites for hydroxylation is 3. The van der Waals surface area contributed by atoms with E-state index in [4.69, 9.17) is 0 Å². The molecule has 2 aromatic rings. The quantitative estimate of drug-likeness (QED) is 0.763. The van der Waals surface area contributed by atoms with Crippen molar-refractivity contribution in [1.29, 1.82) is 0 Å². The maximum atomic E-state index is 9.73. The van der Waals surface area contributed by atoms with Gasteiger partial charge in [0.1, 0.15) is 5.75 Å². The van der Waals surface area contributed by atoms with Crippen LogP contribution in [-0.2, 0) is 13.1 Å². The Hall–Kier alpha value is -1.81. The average Bonchev–Trinajstić information content (AvgIpc) is 2.93. The van der Waals surface area contributed by atoms with Crippen LogP contribution >= 0.6 is 0 Å². The number of phenols is 1.